The molecular weight excluding hydrogens is 146 g/mol. The van der Waals surface area contributed by atoms with Gasteiger partial charge in [-0.1, -0.05) is 27.2 Å². The van der Waals surface area contributed by atoms with Gasteiger partial charge in [0.25, 0.3) is 0 Å². The maximum absolute atomic E-state index is 8.98. The molecule has 0 amide bonds. The van der Waals surface area contributed by atoms with Crippen LogP contribution in [0.3, 0.4) is 0 Å². The topological polar surface area (TPSA) is 23.8 Å². The largest absolute Gasteiger partial charge is 0.198 e. The van der Waals surface area contributed by atoms with Gasteiger partial charge in [0.2, 0.25) is 0 Å². The highest BCUT2D eigenvalue weighted by Gasteiger charge is 2.30. The molecule has 68 valence electrons. The Balaban J connectivity index is 2.58. The van der Waals surface area contributed by atoms with E-state index in [0.29, 0.717) is 17.8 Å². The van der Waals surface area contributed by atoms with Crippen LogP contribution in [-0.4, -0.2) is 0 Å². The van der Waals surface area contributed by atoms with E-state index < -0.39 is 0 Å². The molecule has 0 N–H and O–H groups in total. The van der Waals surface area contributed by atoms with Gasteiger partial charge >= 0.3 is 0 Å². The standard InChI is InChI=1S/C11H19N/c1-8(2)11-5-4-9(3)6-10(11)7-12/h8-11H,4-6H2,1-3H3/t9-,10+,11+/m0/s1. The second-order valence-corrected chi connectivity index (χ2v) is 4.56. The molecule has 0 aromatic carbocycles. The van der Waals surface area contributed by atoms with Crippen LogP contribution < -0.4 is 0 Å². The number of rotatable bonds is 1. The number of hydrogen-bond acceptors (Lipinski definition) is 1. The van der Waals surface area contributed by atoms with Gasteiger partial charge in [-0.05, 0) is 30.6 Å². The fourth-order valence-electron chi connectivity index (χ4n) is 2.35. The summed E-state index contributed by atoms with van der Waals surface area (Å²) in [6.07, 6.45) is 3.71. The van der Waals surface area contributed by atoms with Crippen LogP contribution in [0.5, 0.6) is 0 Å². The lowest BCUT2D eigenvalue weighted by Gasteiger charge is -2.33. The lowest BCUT2D eigenvalue weighted by Crippen LogP contribution is -2.26. The van der Waals surface area contributed by atoms with E-state index in [1.165, 1.54) is 12.8 Å². The second kappa shape index (κ2) is 3.94. The van der Waals surface area contributed by atoms with Crippen LogP contribution in [0.2, 0.25) is 0 Å². The summed E-state index contributed by atoms with van der Waals surface area (Å²) in [5.74, 6) is 2.44. The third-order valence-electron chi connectivity index (χ3n) is 3.19. The van der Waals surface area contributed by atoms with Gasteiger partial charge in [-0.15, -0.1) is 0 Å². The Hall–Kier alpha value is -0.510. The summed E-state index contributed by atoms with van der Waals surface area (Å²) >= 11 is 0. The Kier molecular flexibility index (Phi) is 3.14. The van der Waals surface area contributed by atoms with E-state index >= 15 is 0 Å². The van der Waals surface area contributed by atoms with E-state index in [2.05, 4.69) is 26.8 Å². The first-order valence-corrected chi connectivity index (χ1v) is 5.04. The van der Waals surface area contributed by atoms with Gasteiger partial charge in [-0.3, -0.25) is 0 Å². The predicted molar refractivity (Wildman–Crippen MR) is 50.4 cm³/mol. The zero-order chi connectivity index (χ0) is 9.14. The van der Waals surface area contributed by atoms with E-state index in [1.54, 1.807) is 0 Å². The quantitative estimate of drug-likeness (QED) is 0.585. The van der Waals surface area contributed by atoms with E-state index in [4.69, 9.17) is 5.26 Å². The number of hydrogen-bond donors (Lipinski definition) is 0. The monoisotopic (exact) mass is 165 g/mol. The molecule has 1 heteroatoms. The Morgan fingerprint density at radius 1 is 1.33 bits per heavy atom. The molecule has 1 fully saturated rings. The van der Waals surface area contributed by atoms with Crippen LogP contribution in [0.1, 0.15) is 40.0 Å². The van der Waals surface area contributed by atoms with E-state index in [-0.39, 0.29) is 0 Å². The van der Waals surface area contributed by atoms with Crippen molar-refractivity contribution in [2.75, 3.05) is 0 Å². The molecule has 1 saturated carbocycles. The third-order valence-corrected chi connectivity index (χ3v) is 3.19. The van der Waals surface area contributed by atoms with Gasteiger partial charge in [0.05, 0.1) is 6.07 Å². The summed E-state index contributed by atoms with van der Waals surface area (Å²) in [5, 5.41) is 8.98. The van der Waals surface area contributed by atoms with E-state index in [9.17, 15) is 0 Å². The van der Waals surface area contributed by atoms with E-state index in [1.807, 2.05) is 0 Å². The van der Waals surface area contributed by atoms with Crippen LogP contribution in [0.15, 0.2) is 0 Å². The van der Waals surface area contributed by atoms with Crippen molar-refractivity contribution >= 4 is 0 Å². The lowest BCUT2D eigenvalue weighted by molar-refractivity contribution is 0.183. The minimum absolute atomic E-state index is 0.328. The second-order valence-electron chi connectivity index (χ2n) is 4.56. The van der Waals surface area contributed by atoms with Crippen molar-refractivity contribution in [3.8, 4) is 6.07 Å². The third kappa shape index (κ3) is 2.00. The summed E-state index contributed by atoms with van der Waals surface area (Å²) in [5.41, 5.74) is 0. The van der Waals surface area contributed by atoms with Crippen molar-refractivity contribution < 1.29 is 0 Å². The predicted octanol–water partition coefficient (Wildman–Crippen LogP) is 3.22. The minimum atomic E-state index is 0.328. The maximum atomic E-state index is 8.98. The first-order valence-electron chi connectivity index (χ1n) is 5.04. The molecule has 1 nitrogen and oxygen atoms in total. The molecule has 0 unspecified atom stereocenters. The van der Waals surface area contributed by atoms with Crippen LogP contribution in [0.25, 0.3) is 0 Å². The van der Waals surface area contributed by atoms with Crippen LogP contribution in [0, 0.1) is 35.0 Å². The Morgan fingerprint density at radius 2 is 2.00 bits per heavy atom. The smallest absolute Gasteiger partial charge is 0.0658 e. The molecule has 0 bridgehead atoms. The van der Waals surface area contributed by atoms with Gasteiger partial charge in [-0.2, -0.15) is 5.26 Å². The molecule has 1 aliphatic carbocycles. The molecular formula is C11H19N. The molecule has 0 aromatic rings. The van der Waals surface area contributed by atoms with Crippen LogP contribution in [-0.2, 0) is 0 Å². The zero-order valence-corrected chi connectivity index (χ0v) is 8.38. The average Bonchev–Trinajstić information content (AvgIpc) is 2.03. The highest BCUT2D eigenvalue weighted by atomic mass is 14.4. The Morgan fingerprint density at radius 3 is 2.50 bits per heavy atom. The van der Waals surface area contributed by atoms with E-state index in [0.717, 1.165) is 12.3 Å². The Bertz CT molecular complexity index is 178. The van der Waals surface area contributed by atoms with Gasteiger partial charge in [0.1, 0.15) is 0 Å². The SMILES string of the molecule is CC(C)[C@H]1CC[C@H](C)C[C@@H]1C#N. The molecule has 1 aliphatic rings. The van der Waals surface area contributed by atoms with Crippen LogP contribution in [0.4, 0.5) is 0 Å². The molecule has 1 rings (SSSR count). The normalized spacial score (nSPS) is 36.4. The zero-order valence-electron chi connectivity index (χ0n) is 8.38. The summed E-state index contributed by atoms with van der Waals surface area (Å²) in [6.45, 7) is 6.75. The summed E-state index contributed by atoms with van der Waals surface area (Å²) in [4.78, 5) is 0. The minimum Gasteiger partial charge on any atom is -0.198 e. The van der Waals surface area contributed by atoms with Crippen LogP contribution >= 0.6 is 0 Å². The van der Waals surface area contributed by atoms with Gasteiger partial charge in [0.15, 0.2) is 0 Å². The first-order chi connectivity index (χ1) is 5.65. The molecule has 0 aromatic heterocycles. The molecule has 12 heavy (non-hydrogen) atoms. The van der Waals surface area contributed by atoms with Crippen molar-refractivity contribution in [2.24, 2.45) is 23.7 Å². The summed E-state index contributed by atoms with van der Waals surface area (Å²) in [6, 6.07) is 2.47. The maximum Gasteiger partial charge on any atom is 0.0658 e. The van der Waals surface area contributed by atoms with Gasteiger partial charge in [-0.25, -0.2) is 0 Å². The average molecular weight is 165 g/mol. The molecule has 0 aliphatic heterocycles. The molecule has 0 heterocycles. The fourth-order valence-corrected chi connectivity index (χ4v) is 2.35. The highest BCUT2D eigenvalue weighted by Crippen LogP contribution is 2.37. The first kappa shape index (κ1) is 9.58. The number of nitriles is 1. The number of nitrogens with zero attached hydrogens (tertiary/aromatic N) is 1. The Labute approximate surface area is 75.8 Å². The van der Waals surface area contributed by atoms with Crippen molar-refractivity contribution in [2.45, 2.75) is 40.0 Å². The van der Waals surface area contributed by atoms with Crippen molar-refractivity contribution in [3.63, 3.8) is 0 Å². The van der Waals surface area contributed by atoms with Gasteiger partial charge < -0.3 is 0 Å². The van der Waals surface area contributed by atoms with Crippen molar-refractivity contribution in [1.29, 1.82) is 5.26 Å². The highest BCUT2D eigenvalue weighted by molar-refractivity contribution is 4.93. The lowest BCUT2D eigenvalue weighted by atomic mass is 9.71. The van der Waals surface area contributed by atoms with Gasteiger partial charge in [0, 0.05) is 5.92 Å². The molecule has 0 spiro atoms. The molecule has 3 atom stereocenters. The summed E-state index contributed by atoms with van der Waals surface area (Å²) in [7, 11) is 0. The summed E-state index contributed by atoms with van der Waals surface area (Å²) < 4.78 is 0. The molecule has 0 radical (unpaired) electrons. The van der Waals surface area contributed by atoms with Crippen molar-refractivity contribution in [1.82, 2.24) is 0 Å². The molecule has 0 saturated heterocycles. The fraction of sp³-hybridized carbons (Fsp3) is 0.909. The van der Waals surface area contributed by atoms with Crippen molar-refractivity contribution in [3.05, 3.63) is 0 Å².